The van der Waals surface area contributed by atoms with E-state index in [0.717, 1.165) is 29.7 Å². The van der Waals surface area contributed by atoms with E-state index >= 15 is 0 Å². The number of benzene rings is 1. The van der Waals surface area contributed by atoms with Gasteiger partial charge in [0.1, 0.15) is 17.2 Å². The number of pyridine rings is 1. The molecule has 0 fully saturated rings. The molecule has 0 unspecified atom stereocenters. The molecular weight excluding hydrogens is 203 g/mol. The van der Waals surface area contributed by atoms with Gasteiger partial charge in [0.05, 0.1) is 0 Å². The first-order chi connectivity index (χ1) is 7.76. The van der Waals surface area contributed by atoms with E-state index in [0.29, 0.717) is 5.52 Å². The molecule has 2 nitrogen and oxygen atoms in total. The number of fused-ring (bicyclic) bond motifs is 1. The fourth-order valence-electron chi connectivity index (χ4n) is 1.80. The minimum absolute atomic E-state index is 0.265. The molecule has 0 spiro atoms. The van der Waals surface area contributed by atoms with Gasteiger partial charge in [-0.15, -0.1) is 0 Å². The molecular formula is C13H15FN2. The van der Waals surface area contributed by atoms with Gasteiger partial charge in [-0.1, -0.05) is 19.1 Å². The predicted molar refractivity (Wildman–Crippen MR) is 65.2 cm³/mol. The Morgan fingerprint density at radius 2 is 2.12 bits per heavy atom. The molecule has 0 aliphatic rings. The van der Waals surface area contributed by atoms with Crippen LogP contribution >= 0.6 is 0 Å². The number of rotatable bonds is 3. The zero-order valence-corrected chi connectivity index (χ0v) is 9.55. The summed E-state index contributed by atoms with van der Waals surface area (Å²) in [5, 5.41) is 4.03. The summed E-state index contributed by atoms with van der Waals surface area (Å²) >= 11 is 0. The Labute approximate surface area is 94.5 Å². The van der Waals surface area contributed by atoms with Gasteiger partial charge in [0.2, 0.25) is 0 Å². The summed E-state index contributed by atoms with van der Waals surface area (Å²) in [5.41, 5.74) is 1.57. The Balaban J connectivity index is 2.65. The normalized spacial score (nSPS) is 10.7. The van der Waals surface area contributed by atoms with Crippen molar-refractivity contribution in [3.63, 3.8) is 0 Å². The van der Waals surface area contributed by atoms with Crippen molar-refractivity contribution < 1.29 is 4.39 Å². The summed E-state index contributed by atoms with van der Waals surface area (Å²) in [4.78, 5) is 4.35. The third kappa shape index (κ3) is 1.85. The third-order valence-electron chi connectivity index (χ3n) is 2.60. The maximum absolute atomic E-state index is 13.6. The molecule has 1 aromatic heterocycles. The summed E-state index contributed by atoms with van der Waals surface area (Å²) in [6, 6.07) is 7.05. The fraction of sp³-hybridized carbons (Fsp3) is 0.308. The first-order valence-electron chi connectivity index (χ1n) is 5.58. The summed E-state index contributed by atoms with van der Waals surface area (Å²) in [6.45, 7) is 4.87. The predicted octanol–water partition coefficient (Wildman–Crippen LogP) is 3.37. The van der Waals surface area contributed by atoms with Crippen LogP contribution in [0.2, 0.25) is 0 Å². The minimum atomic E-state index is -0.265. The van der Waals surface area contributed by atoms with Gasteiger partial charge in [0.25, 0.3) is 0 Å². The highest BCUT2D eigenvalue weighted by atomic mass is 19.1. The zero-order valence-electron chi connectivity index (χ0n) is 9.55. The van der Waals surface area contributed by atoms with Crippen LogP contribution in [0.25, 0.3) is 10.9 Å². The number of aryl methyl sites for hydroxylation is 1. The van der Waals surface area contributed by atoms with Gasteiger partial charge in [-0.3, -0.25) is 0 Å². The van der Waals surface area contributed by atoms with Crippen molar-refractivity contribution in [2.45, 2.75) is 20.3 Å². The van der Waals surface area contributed by atoms with Crippen LogP contribution in [0, 0.1) is 5.82 Å². The van der Waals surface area contributed by atoms with Crippen LogP contribution in [0.1, 0.15) is 19.4 Å². The maximum atomic E-state index is 13.6. The molecule has 0 amide bonds. The first-order valence-corrected chi connectivity index (χ1v) is 5.58. The van der Waals surface area contributed by atoms with Gasteiger partial charge < -0.3 is 5.32 Å². The third-order valence-corrected chi connectivity index (χ3v) is 2.60. The van der Waals surface area contributed by atoms with E-state index in [1.54, 1.807) is 6.07 Å². The fourth-order valence-corrected chi connectivity index (χ4v) is 1.80. The lowest BCUT2D eigenvalue weighted by Gasteiger charge is -2.10. The number of nitrogens with one attached hydrogen (secondary N) is 1. The van der Waals surface area contributed by atoms with Crippen molar-refractivity contribution in [3.05, 3.63) is 35.6 Å². The minimum Gasteiger partial charge on any atom is -0.370 e. The number of nitrogens with zero attached hydrogens (tertiary/aromatic N) is 1. The van der Waals surface area contributed by atoms with Crippen LogP contribution in [0.4, 0.5) is 10.2 Å². The van der Waals surface area contributed by atoms with Crippen molar-refractivity contribution in [3.8, 4) is 0 Å². The van der Waals surface area contributed by atoms with Gasteiger partial charge in [-0.05, 0) is 31.0 Å². The maximum Gasteiger partial charge on any atom is 0.149 e. The van der Waals surface area contributed by atoms with E-state index in [1.807, 2.05) is 19.1 Å². The van der Waals surface area contributed by atoms with E-state index in [1.165, 1.54) is 6.07 Å². The number of halogens is 1. The second kappa shape index (κ2) is 4.47. The second-order valence-electron chi connectivity index (χ2n) is 3.69. The number of para-hydroxylation sites is 1. The van der Waals surface area contributed by atoms with Crippen LogP contribution < -0.4 is 5.32 Å². The van der Waals surface area contributed by atoms with Crippen LogP contribution in [-0.2, 0) is 6.42 Å². The van der Waals surface area contributed by atoms with E-state index in [2.05, 4.69) is 17.2 Å². The van der Waals surface area contributed by atoms with Gasteiger partial charge in [0.15, 0.2) is 0 Å². The Kier molecular flexibility index (Phi) is 3.04. The number of hydrogen-bond acceptors (Lipinski definition) is 2. The summed E-state index contributed by atoms with van der Waals surface area (Å²) in [6.07, 6.45) is 0.891. The molecule has 0 aliphatic heterocycles. The lowest BCUT2D eigenvalue weighted by atomic mass is 10.1. The highest BCUT2D eigenvalue weighted by molar-refractivity contribution is 5.82. The Morgan fingerprint density at radius 1 is 1.31 bits per heavy atom. The summed E-state index contributed by atoms with van der Waals surface area (Å²) in [7, 11) is 0. The highest BCUT2D eigenvalue weighted by Crippen LogP contribution is 2.22. The standard InChI is InChI=1S/C13H15FN2/c1-3-9-8-10-6-5-7-11(14)12(10)16-13(9)15-4-2/h5-8H,3-4H2,1-2H3,(H,15,16). The van der Waals surface area contributed by atoms with E-state index in [-0.39, 0.29) is 5.82 Å². The average Bonchev–Trinajstić information content (AvgIpc) is 2.30. The summed E-state index contributed by atoms with van der Waals surface area (Å²) in [5.74, 6) is 0.530. The highest BCUT2D eigenvalue weighted by Gasteiger charge is 2.07. The van der Waals surface area contributed by atoms with Gasteiger partial charge in [0, 0.05) is 11.9 Å². The molecule has 0 saturated heterocycles. The number of hydrogen-bond donors (Lipinski definition) is 1. The van der Waals surface area contributed by atoms with Gasteiger partial charge in [-0.25, -0.2) is 9.37 Å². The Bertz CT molecular complexity index is 509. The molecule has 0 bridgehead atoms. The van der Waals surface area contributed by atoms with Gasteiger partial charge in [-0.2, -0.15) is 0 Å². The molecule has 3 heteroatoms. The van der Waals surface area contributed by atoms with Crippen molar-refractivity contribution in [2.75, 3.05) is 11.9 Å². The topological polar surface area (TPSA) is 24.9 Å². The van der Waals surface area contributed by atoms with Gasteiger partial charge >= 0.3 is 0 Å². The average molecular weight is 218 g/mol. The lowest BCUT2D eigenvalue weighted by Crippen LogP contribution is -2.03. The molecule has 2 rings (SSSR count). The molecule has 0 radical (unpaired) electrons. The number of aromatic nitrogens is 1. The molecule has 1 heterocycles. The smallest absolute Gasteiger partial charge is 0.149 e. The molecule has 2 aromatic rings. The Hall–Kier alpha value is -1.64. The van der Waals surface area contributed by atoms with E-state index in [9.17, 15) is 4.39 Å². The Morgan fingerprint density at radius 3 is 2.81 bits per heavy atom. The SMILES string of the molecule is CCNc1nc2c(F)cccc2cc1CC. The zero-order chi connectivity index (χ0) is 11.5. The largest absolute Gasteiger partial charge is 0.370 e. The van der Waals surface area contributed by atoms with E-state index in [4.69, 9.17) is 0 Å². The molecule has 0 atom stereocenters. The van der Waals surface area contributed by atoms with Crippen molar-refractivity contribution in [2.24, 2.45) is 0 Å². The lowest BCUT2D eigenvalue weighted by molar-refractivity contribution is 0.637. The van der Waals surface area contributed by atoms with E-state index < -0.39 is 0 Å². The van der Waals surface area contributed by atoms with Crippen LogP contribution in [0.5, 0.6) is 0 Å². The number of anilines is 1. The molecule has 1 aromatic carbocycles. The van der Waals surface area contributed by atoms with Crippen molar-refractivity contribution in [1.82, 2.24) is 4.98 Å². The molecule has 84 valence electrons. The van der Waals surface area contributed by atoms with Crippen molar-refractivity contribution in [1.29, 1.82) is 0 Å². The monoisotopic (exact) mass is 218 g/mol. The van der Waals surface area contributed by atoms with Crippen molar-refractivity contribution >= 4 is 16.7 Å². The molecule has 16 heavy (non-hydrogen) atoms. The van der Waals surface area contributed by atoms with Crippen LogP contribution in [0.3, 0.4) is 0 Å². The molecule has 0 aliphatic carbocycles. The van der Waals surface area contributed by atoms with Crippen LogP contribution in [0.15, 0.2) is 24.3 Å². The molecule has 1 N–H and O–H groups in total. The van der Waals surface area contributed by atoms with Crippen LogP contribution in [-0.4, -0.2) is 11.5 Å². The molecule has 0 saturated carbocycles. The second-order valence-corrected chi connectivity index (χ2v) is 3.69. The first kappa shape index (κ1) is 10.9. The quantitative estimate of drug-likeness (QED) is 0.854. The summed E-state index contributed by atoms with van der Waals surface area (Å²) < 4.78 is 13.6.